The number of hydrogen-bond acceptors (Lipinski definition) is 3. The first-order valence-electron chi connectivity index (χ1n) is 6.99. The summed E-state index contributed by atoms with van der Waals surface area (Å²) < 4.78 is 5.51. The second kappa shape index (κ2) is 6.91. The van der Waals surface area contributed by atoms with Gasteiger partial charge in [0.2, 0.25) is 5.89 Å². The third-order valence-corrected chi connectivity index (χ3v) is 3.44. The zero-order valence-electron chi connectivity index (χ0n) is 12.2. The highest BCUT2D eigenvalue weighted by atomic mass is 35.5. The fourth-order valence-electron chi connectivity index (χ4n) is 2.22. The third kappa shape index (κ3) is 4.09. The van der Waals surface area contributed by atoms with Crippen molar-refractivity contribution >= 4 is 11.6 Å². The van der Waals surface area contributed by atoms with E-state index in [9.17, 15) is 0 Å². The van der Waals surface area contributed by atoms with Crippen molar-refractivity contribution in [1.82, 2.24) is 10.3 Å². The Hall–Kier alpha value is -1.32. The molecule has 2 aromatic rings. The van der Waals surface area contributed by atoms with Crippen molar-refractivity contribution in [1.29, 1.82) is 0 Å². The van der Waals surface area contributed by atoms with Crippen molar-refractivity contribution in [2.75, 3.05) is 0 Å². The molecule has 20 heavy (non-hydrogen) atoms. The van der Waals surface area contributed by atoms with Crippen LogP contribution in [0.2, 0.25) is 5.02 Å². The van der Waals surface area contributed by atoms with Crippen LogP contribution < -0.4 is 5.32 Å². The number of nitrogens with zero attached hydrogens (tertiary/aromatic N) is 1. The Morgan fingerprint density at radius 2 is 2.00 bits per heavy atom. The van der Waals surface area contributed by atoms with Crippen molar-refractivity contribution in [2.45, 2.75) is 39.8 Å². The van der Waals surface area contributed by atoms with E-state index in [2.05, 4.69) is 31.1 Å². The van der Waals surface area contributed by atoms with Gasteiger partial charge >= 0.3 is 0 Å². The topological polar surface area (TPSA) is 38.1 Å². The van der Waals surface area contributed by atoms with Crippen molar-refractivity contribution < 1.29 is 4.42 Å². The summed E-state index contributed by atoms with van der Waals surface area (Å²) in [6.45, 7) is 7.35. The molecule has 1 N–H and O–H groups in total. The van der Waals surface area contributed by atoms with Gasteiger partial charge < -0.3 is 9.73 Å². The lowest BCUT2D eigenvalue weighted by molar-refractivity contribution is 0.439. The van der Waals surface area contributed by atoms with Gasteiger partial charge in [-0.15, -0.1) is 0 Å². The molecule has 0 aliphatic carbocycles. The minimum Gasteiger partial charge on any atom is -0.444 e. The Bertz CT molecular complexity index is 551. The lowest BCUT2D eigenvalue weighted by Gasteiger charge is -2.14. The summed E-state index contributed by atoms with van der Waals surface area (Å²) in [5.41, 5.74) is 1.73. The summed E-state index contributed by atoms with van der Waals surface area (Å²) in [5.74, 6) is 1.26. The molecule has 0 saturated carbocycles. The van der Waals surface area contributed by atoms with E-state index < -0.39 is 0 Å². The molecule has 1 unspecified atom stereocenters. The molecule has 0 aliphatic heterocycles. The first kappa shape index (κ1) is 15.1. The van der Waals surface area contributed by atoms with E-state index in [0.29, 0.717) is 29.4 Å². The first-order valence-corrected chi connectivity index (χ1v) is 7.36. The van der Waals surface area contributed by atoms with Crippen molar-refractivity contribution in [3.8, 4) is 11.5 Å². The van der Waals surface area contributed by atoms with Gasteiger partial charge in [-0.25, -0.2) is 4.98 Å². The lowest BCUT2D eigenvalue weighted by Crippen LogP contribution is -2.26. The predicted molar refractivity (Wildman–Crippen MR) is 82.7 cm³/mol. The number of halogens is 1. The van der Waals surface area contributed by atoms with Crippen molar-refractivity contribution in [3.63, 3.8) is 0 Å². The van der Waals surface area contributed by atoms with E-state index >= 15 is 0 Å². The van der Waals surface area contributed by atoms with Crippen LogP contribution in [0.15, 0.2) is 34.9 Å². The molecular weight excluding hydrogens is 272 g/mol. The summed E-state index contributed by atoms with van der Waals surface area (Å²) in [7, 11) is 0. The van der Waals surface area contributed by atoms with Crippen LogP contribution in [0.5, 0.6) is 0 Å². The normalized spacial score (nSPS) is 12.8. The second-order valence-corrected chi connectivity index (χ2v) is 5.94. The molecule has 1 atom stereocenters. The molecule has 0 aliphatic rings. The fourth-order valence-corrected chi connectivity index (χ4v) is 2.43. The summed E-state index contributed by atoms with van der Waals surface area (Å²) in [6, 6.07) is 8.03. The SMILES string of the molecule is CC(C)CC(C)NCc1coc(-c2ccccc2Cl)n1. The van der Waals surface area contributed by atoms with Gasteiger partial charge in [-0.2, -0.15) is 0 Å². The summed E-state index contributed by atoms with van der Waals surface area (Å²) in [4.78, 5) is 4.48. The summed E-state index contributed by atoms with van der Waals surface area (Å²) in [5, 5.41) is 4.11. The molecule has 4 heteroatoms. The van der Waals surface area contributed by atoms with E-state index in [1.807, 2.05) is 24.3 Å². The monoisotopic (exact) mass is 292 g/mol. The third-order valence-electron chi connectivity index (χ3n) is 3.11. The fraction of sp³-hybridized carbons (Fsp3) is 0.438. The van der Waals surface area contributed by atoms with E-state index in [1.165, 1.54) is 0 Å². The molecule has 108 valence electrons. The Balaban J connectivity index is 1.98. The minimum absolute atomic E-state index is 0.468. The minimum atomic E-state index is 0.468. The molecule has 1 heterocycles. The smallest absolute Gasteiger partial charge is 0.227 e. The van der Waals surface area contributed by atoms with Gasteiger partial charge in [0, 0.05) is 12.6 Å². The molecular formula is C16H21ClN2O. The highest BCUT2D eigenvalue weighted by Crippen LogP contribution is 2.26. The number of rotatable bonds is 6. The molecule has 3 nitrogen and oxygen atoms in total. The summed E-state index contributed by atoms with van der Waals surface area (Å²) in [6.07, 6.45) is 2.84. The maximum absolute atomic E-state index is 6.14. The van der Waals surface area contributed by atoms with Crippen LogP contribution in [0.25, 0.3) is 11.5 Å². The molecule has 1 aromatic heterocycles. The van der Waals surface area contributed by atoms with Gasteiger partial charge in [0.15, 0.2) is 0 Å². The Kier molecular flexibility index (Phi) is 5.21. The molecule has 1 aromatic carbocycles. The average molecular weight is 293 g/mol. The highest BCUT2D eigenvalue weighted by molar-refractivity contribution is 6.33. The van der Waals surface area contributed by atoms with E-state index in [0.717, 1.165) is 17.7 Å². The van der Waals surface area contributed by atoms with Gasteiger partial charge in [0.25, 0.3) is 0 Å². The number of benzene rings is 1. The quantitative estimate of drug-likeness (QED) is 0.850. The van der Waals surface area contributed by atoms with Gasteiger partial charge in [0.05, 0.1) is 16.3 Å². The van der Waals surface area contributed by atoms with Crippen LogP contribution in [0, 0.1) is 5.92 Å². The largest absolute Gasteiger partial charge is 0.444 e. The molecule has 0 spiro atoms. The molecule has 0 saturated heterocycles. The van der Waals surface area contributed by atoms with Crippen LogP contribution in [-0.4, -0.2) is 11.0 Å². The zero-order chi connectivity index (χ0) is 14.5. The Labute approximate surface area is 125 Å². The number of aromatic nitrogens is 1. The maximum Gasteiger partial charge on any atom is 0.227 e. The summed E-state index contributed by atoms with van der Waals surface area (Å²) >= 11 is 6.14. The van der Waals surface area contributed by atoms with Crippen LogP contribution in [0.3, 0.4) is 0 Å². The zero-order valence-corrected chi connectivity index (χ0v) is 12.9. The van der Waals surface area contributed by atoms with Crippen LogP contribution in [-0.2, 0) is 6.54 Å². The van der Waals surface area contributed by atoms with Gasteiger partial charge in [-0.05, 0) is 31.4 Å². The van der Waals surface area contributed by atoms with E-state index in [4.69, 9.17) is 16.0 Å². The van der Waals surface area contributed by atoms with Gasteiger partial charge in [-0.1, -0.05) is 37.6 Å². The van der Waals surface area contributed by atoms with Crippen LogP contribution in [0.1, 0.15) is 32.9 Å². The average Bonchev–Trinajstić information content (AvgIpc) is 2.85. The van der Waals surface area contributed by atoms with E-state index in [1.54, 1.807) is 6.26 Å². The molecule has 0 bridgehead atoms. The molecule has 0 amide bonds. The Morgan fingerprint density at radius 1 is 1.25 bits per heavy atom. The molecule has 2 rings (SSSR count). The van der Waals surface area contributed by atoms with Gasteiger partial charge in [0.1, 0.15) is 6.26 Å². The lowest BCUT2D eigenvalue weighted by atomic mass is 10.1. The van der Waals surface area contributed by atoms with E-state index in [-0.39, 0.29) is 0 Å². The van der Waals surface area contributed by atoms with Crippen LogP contribution >= 0.6 is 11.6 Å². The van der Waals surface area contributed by atoms with Crippen molar-refractivity contribution in [3.05, 3.63) is 41.2 Å². The first-order chi connectivity index (χ1) is 9.56. The molecule has 0 radical (unpaired) electrons. The Morgan fingerprint density at radius 3 is 2.70 bits per heavy atom. The second-order valence-electron chi connectivity index (χ2n) is 5.54. The maximum atomic E-state index is 6.14. The number of oxazole rings is 1. The van der Waals surface area contributed by atoms with Crippen LogP contribution in [0.4, 0.5) is 0 Å². The number of nitrogens with one attached hydrogen (secondary N) is 1. The van der Waals surface area contributed by atoms with Crippen molar-refractivity contribution in [2.24, 2.45) is 5.92 Å². The van der Waals surface area contributed by atoms with Gasteiger partial charge in [-0.3, -0.25) is 0 Å². The molecule has 0 fully saturated rings. The standard InChI is InChI=1S/C16H21ClN2O/c1-11(2)8-12(3)18-9-13-10-20-16(19-13)14-6-4-5-7-15(14)17/h4-7,10-12,18H,8-9H2,1-3H3. The predicted octanol–water partition coefficient (Wildman–Crippen LogP) is 4.52. The number of hydrogen-bond donors (Lipinski definition) is 1. The highest BCUT2D eigenvalue weighted by Gasteiger charge is 2.11.